The summed E-state index contributed by atoms with van der Waals surface area (Å²) in [6, 6.07) is 31.8. The summed E-state index contributed by atoms with van der Waals surface area (Å²) in [5.74, 6) is 0.519. The van der Waals surface area contributed by atoms with Crippen LogP contribution in [-0.2, 0) is 22.6 Å². The maximum atomic E-state index is 14.4. The van der Waals surface area contributed by atoms with Crippen LogP contribution >= 0.6 is 11.6 Å². The van der Waals surface area contributed by atoms with E-state index in [0.717, 1.165) is 16.7 Å². The second-order valence-electron chi connectivity index (χ2n) is 10.8. The van der Waals surface area contributed by atoms with Crippen LogP contribution in [0.5, 0.6) is 5.75 Å². The number of hydrogen-bond donors (Lipinski definition) is 3. The van der Waals surface area contributed by atoms with Gasteiger partial charge in [-0.05, 0) is 64.2 Å². The number of azide groups is 1. The van der Waals surface area contributed by atoms with Gasteiger partial charge in [0, 0.05) is 41.5 Å². The molecule has 0 bridgehead atoms. The first-order valence-corrected chi connectivity index (χ1v) is 15.6. The van der Waals surface area contributed by atoms with Gasteiger partial charge in [-0.15, -0.1) is 0 Å². The van der Waals surface area contributed by atoms with E-state index < -0.39 is 17.6 Å². The number of aliphatic imine (C=N–C) groups is 1. The highest BCUT2D eigenvalue weighted by Crippen LogP contribution is 2.44. The fourth-order valence-corrected chi connectivity index (χ4v) is 5.47. The van der Waals surface area contributed by atoms with Gasteiger partial charge in [-0.25, -0.2) is 10.4 Å². The molecule has 4 aromatic carbocycles. The van der Waals surface area contributed by atoms with Crippen molar-refractivity contribution in [3.8, 4) is 5.75 Å². The van der Waals surface area contributed by atoms with E-state index in [-0.39, 0.29) is 25.5 Å². The van der Waals surface area contributed by atoms with Gasteiger partial charge in [0.1, 0.15) is 5.75 Å². The zero-order valence-electron chi connectivity index (χ0n) is 25.6. The highest BCUT2D eigenvalue weighted by molar-refractivity contribution is 6.30. The fourth-order valence-electron chi connectivity index (χ4n) is 5.25. The molecule has 47 heavy (non-hydrogen) atoms. The van der Waals surface area contributed by atoms with Crippen LogP contribution < -0.4 is 15.6 Å². The monoisotopic (exact) mass is 650 g/mol. The quantitative estimate of drug-likeness (QED) is 0.0414. The third-order valence-corrected chi connectivity index (χ3v) is 7.83. The van der Waals surface area contributed by atoms with Gasteiger partial charge in [0.2, 0.25) is 5.90 Å². The van der Waals surface area contributed by atoms with E-state index in [4.69, 9.17) is 36.7 Å². The Morgan fingerprint density at radius 3 is 2.62 bits per heavy atom. The van der Waals surface area contributed by atoms with E-state index in [1.54, 1.807) is 18.2 Å². The molecule has 0 saturated heterocycles. The molecular formula is C36H35ClN6O4. The maximum absolute atomic E-state index is 14.4. The number of carbonyl (C=O) groups is 1. The van der Waals surface area contributed by atoms with Crippen LogP contribution in [0.15, 0.2) is 119 Å². The molecule has 11 heteroatoms. The molecule has 3 N–H and O–H groups in total. The molecule has 0 saturated carbocycles. The van der Waals surface area contributed by atoms with E-state index in [2.05, 4.69) is 20.9 Å². The number of hydrogen-bond acceptors (Lipinski definition) is 7. The predicted molar refractivity (Wildman–Crippen MR) is 183 cm³/mol. The summed E-state index contributed by atoms with van der Waals surface area (Å²) in [6.45, 7) is 0.834. The van der Waals surface area contributed by atoms with Gasteiger partial charge in [-0.2, -0.15) is 0 Å². The van der Waals surface area contributed by atoms with Crippen LogP contribution in [0.1, 0.15) is 46.8 Å². The zero-order chi connectivity index (χ0) is 32.9. The minimum Gasteiger partial charge on any atom is -0.494 e. The molecule has 1 aliphatic heterocycles. The highest BCUT2D eigenvalue weighted by Gasteiger charge is 2.53. The number of benzene rings is 4. The van der Waals surface area contributed by atoms with Gasteiger partial charge in [-0.1, -0.05) is 95.6 Å². The molecule has 0 radical (unpaired) electrons. The average Bonchev–Trinajstić information content (AvgIpc) is 3.49. The molecule has 240 valence electrons. The van der Waals surface area contributed by atoms with Gasteiger partial charge in [0.25, 0.3) is 5.91 Å². The standard InChI is InChI=1S/C36H35ClN6O4/c37-30-14-6-11-27(23-30)24-39-42-35(45)36(20-7-12-26-9-2-1-3-10-26)33(32-15-5-4-13-29(32)25-40-43-38)47-34(41-36)28-16-18-31(19-17-28)46-22-8-21-44/h1-7,9-19,23,33,39,44H,8,20-22,24-25H2,(H,42,45)/b12-7+/t33-,36-/m0/s1. The number of carbonyl (C=O) groups excluding carboxylic acids is 1. The van der Waals surface area contributed by atoms with Crippen molar-refractivity contribution in [2.45, 2.75) is 37.6 Å². The number of rotatable bonds is 15. The molecule has 1 heterocycles. The van der Waals surface area contributed by atoms with Crippen LogP contribution in [0.25, 0.3) is 16.5 Å². The van der Waals surface area contributed by atoms with E-state index in [0.29, 0.717) is 41.5 Å². The minimum atomic E-state index is -1.45. The molecule has 4 aromatic rings. The third-order valence-electron chi connectivity index (χ3n) is 7.59. The summed E-state index contributed by atoms with van der Waals surface area (Å²) in [6.07, 6.45) is 3.72. The lowest BCUT2D eigenvalue weighted by Gasteiger charge is -2.31. The fraction of sp³-hybridized carbons (Fsp3) is 0.222. The number of amides is 1. The van der Waals surface area contributed by atoms with Crippen molar-refractivity contribution >= 4 is 29.5 Å². The molecule has 0 unspecified atom stereocenters. The summed E-state index contributed by atoms with van der Waals surface area (Å²) in [5, 5.41) is 13.5. The zero-order valence-corrected chi connectivity index (χ0v) is 26.4. The lowest BCUT2D eigenvalue weighted by molar-refractivity contribution is -0.129. The second-order valence-corrected chi connectivity index (χ2v) is 11.3. The van der Waals surface area contributed by atoms with Crippen molar-refractivity contribution in [1.82, 2.24) is 10.9 Å². The van der Waals surface area contributed by atoms with E-state index in [9.17, 15) is 4.79 Å². The molecule has 0 fully saturated rings. The first kappa shape index (κ1) is 33.2. The summed E-state index contributed by atoms with van der Waals surface area (Å²) in [7, 11) is 0. The number of halogens is 1. The topological polar surface area (TPSA) is 141 Å². The number of nitrogens with zero attached hydrogens (tertiary/aromatic N) is 4. The normalized spacial score (nSPS) is 17.1. The third kappa shape index (κ3) is 8.58. The van der Waals surface area contributed by atoms with Crippen molar-refractivity contribution < 1.29 is 19.4 Å². The van der Waals surface area contributed by atoms with Crippen LogP contribution in [0.3, 0.4) is 0 Å². The Kier molecular flexibility index (Phi) is 11.6. The highest BCUT2D eigenvalue weighted by atomic mass is 35.5. The van der Waals surface area contributed by atoms with E-state index in [1.807, 2.05) is 97.1 Å². The lowest BCUT2D eigenvalue weighted by atomic mass is 9.82. The second kappa shape index (κ2) is 16.4. The average molecular weight is 651 g/mol. The summed E-state index contributed by atoms with van der Waals surface area (Å²) >= 11 is 6.17. The van der Waals surface area contributed by atoms with Crippen LogP contribution in [0.2, 0.25) is 5.02 Å². The SMILES string of the molecule is [N-]=[N+]=NCc1ccccc1[C@@H]1OC(c2ccc(OCCCO)cc2)=N[C@]1(C/C=C/c1ccccc1)C(=O)NNCc1cccc(Cl)c1. The van der Waals surface area contributed by atoms with Gasteiger partial charge in [0.05, 0.1) is 13.2 Å². The summed E-state index contributed by atoms with van der Waals surface area (Å²) < 4.78 is 12.3. The molecule has 0 aromatic heterocycles. The number of hydrazine groups is 1. The number of aliphatic hydroxyl groups is 1. The largest absolute Gasteiger partial charge is 0.494 e. The Balaban J connectivity index is 1.54. The first-order chi connectivity index (χ1) is 23.0. The van der Waals surface area contributed by atoms with Crippen molar-refractivity contribution in [1.29, 1.82) is 0 Å². The number of ether oxygens (including phenoxy) is 2. The molecule has 0 spiro atoms. The maximum Gasteiger partial charge on any atom is 0.266 e. The molecule has 0 aliphatic carbocycles. The van der Waals surface area contributed by atoms with Crippen LogP contribution in [0.4, 0.5) is 0 Å². The predicted octanol–water partition coefficient (Wildman–Crippen LogP) is 7.09. The van der Waals surface area contributed by atoms with Crippen LogP contribution in [-0.4, -0.2) is 35.7 Å². The Labute approximate surface area is 278 Å². The molecule has 10 nitrogen and oxygen atoms in total. The van der Waals surface area contributed by atoms with Crippen LogP contribution in [0, 0.1) is 0 Å². The smallest absolute Gasteiger partial charge is 0.266 e. The molecular weight excluding hydrogens is 616 g/mol. The van der Waals surface area contributed by atoms with Crippen molar-refractivity contribution in [2.75, 3.05) is 13.2 Å². The first-order valence-electron chi connectivity index (χ1n) is 15.2. The van der Waals surface area contributed by atoms with Gasteiger partial charge in [0.15, 0.2) is 11.6 Å². The summed E-state index contributed by atoms with van der Waals surface area (Å²) in [4.78, 5) is 22.4. The molecule has 1 aliphatic rings. The Morgan fingerprint density at radius 2 is 1.85 bits per heavy atom. The molecule has 5 rings (SSSR count). The van der Waals surface area contributed by atoms with Gasteiger partial charge in [-0.3, -0.25) is 10.2 Å². The Bertz CT molecular complexity index is 1760. The Morgan fingerprint density at radius 1 is 1.06 bits per heavy atom. The van der Waals surface area contributed by atoms with E-state index >= 15 is 0 Å². The van der Waals surface area contributed by atoms with Crippen molar-refractivity contribution in [2.24, 2.45) is 10.1 Å². The Hall–Kier alpha value is -5.12. The number of aliphatic hydroxyl groups excluding tert-OH is 1. The molecule has 1 amide bonds. The minimum absolute atomic E-state index is 0.0437. The van der Waals surface area contributed by atoms with Gasteiger partial charge < -0.3 is 14.6 Å². The molecule has 2 atom stereocenters. The summed E-state index contributed by atoms with van der Waals surface area (Å²) in [5.41, 5.74) is 17.5. The van der Waals surface area contributed by atoms with Crippen molar-refractivity contribution in [3.63, 3.8) is 0 Å². The lowest BCUT2D eigenvalue weighted by Crippen LogP contribution is -2.52. The number of nitrogens with one attached hydrogen (secondary N) is 2. The van der Waals surface area contributed by atoms with E-state index in [1.165, 1.54) is 0 Å². The van der Waals surface area contributed by atoms with Gasteiger partial charge >= 0.3 is 0 Å². The van der Waals surface area contributed by atoms with Crippen molar-refractivity contribution in [3.05, 3.63) is 152 Å².